The molecule has 0 saturated carbocycles. The summed E-state index contributed by atoms with van der Waals surface area (Å²) in [7, 11) is -3.62. The van der Waals surface area contributed by atoms with E-state index in [1.807, 2.05) is 0 Å². The molecule has 4 heteroatoms. The van der Waals surface area contributed by atoms with Crippen LogP contribution in [0.15, 0.2) is 0 Å². The summed E-state index contributed by atoms with van der Waals surface area (Å²) in [5, 5.41) is 0. The van der Waals surface area contributed by atoms with Gasteiger partial charge in [0.05, 0.1) is 6.61 Å². The monoisotopic (exact) mass is 375 g/mol. The Kier molecular flexibility index (Phi) is 17.7. The van der Waals surface area contributed by atoms with Crippen molar-refractivity contribution in [1.82, 2.24) is 0 Å². The van der Waals surface area contributed by atoms with Crippen LogP contribution in [0.1, 0.15) is 117 Å². The number of hydrogen-bond acceptors (Lipinski definition) is 3. The zero-order valence-electron chi connectivity index (χ0n) is 17.3. The van der Waals surface area contributed by atoms with Crippen LogP contribution >= 0.6 is 7.60 Å². The van der Waals surface area contributed by atoms with Crippen LogP contribution in [0.4, 0.5) is 0 Å². The van der Waals surface area contributed by atoms with Gasteiger partial charge < -0.3 is 14.0 Å². The first-order valence-corrected chi connectivity index (χ1v) is 12.7. The fourth-order valence-corrected chi connectivity index (χ4v) is 4.33. The Labute approximate surface area is 157 Å². The lowest BCUT2D eigenvalue weighted by Crippen LogP contribution is -2.14. The van der Waals surface area contributed by atoms with E-state index in [1.54, 1.807) is 0 Å². The minimum atomic E-state index is -3.62. The Balaban J connectivity index is 3.54. The molecule has 152 valence electrons. The second-order valence-corrected chi connectivity index (χ2v) is 9.51. The van der Waals surface area contributed by atoms with E-state index in [0.717, 1.165) is 44.9 Å². The van der Waals surface area contributed by atoms with Gasteiger partial charge in [0, 0.05) is 6.16 Å². The lowest BCUT2D eigenvalue weighted by molar-refractivity contribution is -0.199. The Hall–Kier alpha value is 0.150. The zero-order chi connectivity index (χ0) is 18.8. The van der Waals surface area contributed by atoms with Gasteiger partial charge in [0.25, 0.3) is 0 Å². The summed E-state index contributed by atoms with van der Waals surface area (Å²) in [6, 6.07) is 0. The van der Waals surface area contributed by atoms with Crippen molar-refractivity contribution in [3.63, 3.8) is 0 Å². The normalized spacial score (nSPS) is 15.2. The molecular formula is C21H44O3P-. The molecule has 0 fully saturated rings. The van der Waals surface area contributed by atoms with Crippen molar-refractivity contribution >= 4 is 7.60 Å². The molecule has 0 radical (unpaired) electrons. The highest BCUT2D eigenvalue weighted by atomic mass is 31.2. The maximum Gasteiger partial charge on any atom is 0.134 e. The van der Waals surface area contributed by atoms with Crippen molar-refractivity contribution in [3.8, 4) is 0 Å². The minimum absolute atomic E-state index is 0.216. The quantitative estimate of drug-likeness (QED) is 0.179. The van der Waals surface area contributed by atoms with Crippen molar-refractivity contribution in [2.24, 2.45) is 5.92 Å². The summed E-state index contributed by atoms with van der Waals surface area (Å²) in [6.45, 7) is 6.91. The van der Waals surface area contributed by atoms with E-state index >= 15 is 0 Å². The van der Waals surface area contributed by atoms with E-state index in [9.17, 15) is 9.46 Å². The van der Waals surface area contributed by atoms with Gasteiger partial charge in [-0.25, -0.2) is 0 Å². The van der Waals surface area contributed by atoms with Crippen molar-refractivity contribution in [1.29, 1.82) is 0 Å². The van der Waals surface area contributed by atoms with E-state index in [-0.39, 0.29) is 6.16 Å². The molecule has 0 bridgehead atoms. The first-order chi connectivity index (χ1) is 12.1. The van der Waals surface area contributed by atoms with Gasteiger partial charge in [-0.05, 0) is 18.8 Å². The fourth-order valence-electron chi connectivity index (χ4n) is 3.15. The molecule has 0 saturated heterocycles. The second-order valence-electron chi connectivity index (χ2n) is 7.58. The molecule has 2 unspecified atom stereocenters. The molecule has 25 heavy (non-hydrogen) atoms. The summed E-state index contributed by atoms with van der Waals surface area (Å²) < 4.78 is 17.3. The van der Waals surface area contributed by atoms with Gasteiger partial charge in [-0.3, -0.25) is 0 Å². The van der Waals surface area contributed by atoms with Crippen LogP contribution in [-0.2, 0) is 9.09 Å². The summed E-state index contributed by atoms with van der Waals surface area (Å²) >= 11 is 0. The van der Waals surface area contributed by atoms with Gasteiger partial charge >= 0.3 is 0 Å². The van der Waals surface area contributed by atoms with Crippen molar-refractivity contribution < 1.29 is 14.0 Å². The highest BCUT2D eigenvalue weighted by molar-refractivity contribution is 7.51. The van der Waals surface area contributed by atoms with E-state index in [0.29, 0.717) is 12.5 Å². The third kappa shape index (κ3) is 17.3. The van der Waals surface area contributed by atoms with E-state index in [1.165, 1.54) is 51.4 Å². The molecule has 0 amide bonds. The first kappa shape index (κ1) is 25.1. The summed E-state index contributed by atoms with van der Waals surface area (Å²) in [4.78, 5) is 12.0. The van der Waals surface area contributed by atoms with Gasteiger partial charge in [-0.1, -0.05) is 104 Å². The third-order valence-electron chi connectivity index (χ3n) is 5.09. The van der Waals surface area contributed by atoms with E-state index in [2.05, 4.69) is 20.8 Å². The number of rotatable bonds is 19. The van der Waals surface area contributed by atoms with Crippen LogP contribution in [-0.4, -0.2) is 12.8 Å². The zero-order valence-corrected chi connectivity index (χ0v) is 18.2. The van der Waals surface area contributed by atoms with E-state index in [4.69, 9.17) is 4.52 Å². The lowest BCUT2D eigenvalue weighted by Gasteiger charge is -2.26. The smallest absolute Gasteiger partial charge is 0.134 e. The van der Waals surface area contributed by atoms with Crippen molar-refractivity contribution in [3.05, 3.63) is 0 Å². The Morgan fingerprint density at radius 2 is 1.24 bits per heavy atom. The molecule has 0 spiro atoms. The van der Waals surface area contributed by atoms with Gasteiger partial charge in [0.2, 0.25) is 0 Å². The summed E-state index contributed by atoms with van der Waals surface area (Å²) in [5.41, 5.74) is 0. The molecule has 0 aromatic rings. The summed E-state index contributed by atoms with van der Waals surface area (Å²) in [5.74, 6) is 0.388. The Bertz CT molecular complexity index is 320. The van der Waals surface area contributed by atoms with Crippen molar-refractivity contribution in [2.45, 2.75) is 117 Å². The van der Waals surface area contributed by atoms with Gasteiger partial charge in [-0.15, -0.1) is 0 Å². The molecule has 0 aliphatic rings. The number of hydrogen-bond donors (Lipinski definition) is 0. The van der Waals surface area contributed by atoms with Crippen LogP contribution in [0, 0.1) is 5.92 Å². The topological polar surface area (TPSA) is 49.4 Å². The van der Waals surface area contributed by atoms with Gasteiger partial charge in [-0.2, -0.15) is 0 Å². The van der Waals surface area contributed by atoms with Gasteiger partial charge in [0.1, 0.15) is 7.60 Å². The molecule has 0 aromatic heterocycles. The van der Waals surface area contributed by atoms with Crippen molar-refractivity contribution in [2.75, 3.05) is 12.8 Å². The predicted molar refractivity (Wildman–Crippen MR) is 108 cm³/mol. The van der Waals surface area contributed by atoms with Crippen LogP contribution in [0.2, 0.25) is 0 Å². The highest BCUT2D eigenvalue weighted by Gasteiger charge is 2.12. The molecular weight excluding hydrogens is 331 g/mol. The van der Waals surface area contributed by atoms with Crippen LogP contribution in [0.25, 0.3) is 0 Å². The minimum Gasteiger partial charge on any atom is -0.778 e. The molecule has 0 aliphatic carbocycles. The standard InChI is InChI=1S/C21H45O3P/c1-4-7-9-10-11-12-13-14-15-16-17-19-25(22,23)24-20-21(6-3)18-8-5-2/h21H,4-20H2,1-3H3,(H,22,23)/p-1. The van der Waals surface area contributed by atoms with Crippen LogP contribution in [0.5, 0.6) is 0 Å². The SMILES string of the molecule is CCCCCCCCCCCCCP(=O)([O-])OCC(CC)CCCC. The molecule has 0 aromatic carbocycles. The molecule has 0 heterocycles. The molecule has 3 nitrogen and oxygen atoms in total. The van der Waals surface area contributed by atoms with Crippen LogP contribution < -0.4 is 4.89 Å². The highest BCUT2D eigenvalue weighted by Crippen LogP contribution is 2.39. The maximum atomic E-state index is 12.0. The summed E-state index contributed by atoms with van der Waals surface area (Å²) in [6.07, 6.45) is 18.2. The predicted octanol–water partition coefficient (Wildman–Crippen LogP) is 7.08. The average Bonchev–Trinajstić information content (AvgIpc) is 2.60. The second kappa shape index (κ2) is 17.6. The fraction of sp³-hybridized carbons (Fsp3) is 1.00. The molecule has 0 N–H and O–H groups in total. The largest absolute Gasteiger partial charge is 0.778 e. The molecule has 2 atom stereocenters. The van der Waals surface area contributed by atoms with E-state index < -0.39 is 7.60 Å². The Morgan fingerprint density at radius 1 is 0.760 bits per heavy atom. The average molecular weight is 376 g/mol. The van der Waals surface area contributed by atoms with Gasteiger partial charge in [0.15, 0.2) is 0 Å². The maximum absolute atomic E-state index is 12.0. The molecule has 0 rings (SSSR count). The Morgan fingerprint density at radius 3 is 1.72 bits per heavy atom. The number of unbranched alkanes of at least 4 members (excludes halogenated alkanes) is 11. The lowest BCUT2D eigenvalue weighted by atomic mass is 10.0. The van der Waals surface area contributed by atoms with Crippen LogP contribution in [0.3, 0.4) is 0 Å². The molecule has 0 aliphatic heterocycles. The third-order valence-corrected chi connectivity index (χ3v) is 6.49. The first-order valence-electron chi connectivity index (χ1n) is 11.0.